The molecule has 5 rings (SSSR count). The van der Waals surface area contributed by atoms with Crippen LogP contribution in [-0.4, -0.2) is 65.3 Å². The first-order valence-electron chi connectivity index (χ1n) is 11.0. The van der Waals surface area contributed by atoms with Crippen LogP contribution in [0.3, 0.4) is 0 Å². The van der Waals surface area contributed by atoms with Gasteiger partial charge in [-0.3, -0.25) is 14.5 Å². The Kier molecular flexibility index (Phi) is 6.30. The first-order chi connectivity index (χ1) is 13.7. The van der Waals surface area contributed by atoms with Crippen LogP contribution in [0.5, 0.6) is 0 Å². The molecule has 2 atom stereocenters. The molecule has 5 nitrogen and oxygen atoms in total. The Morgan fingerprint density at radius 3 is 2.71 bits per heavy atom. The third-order valence-corrected chi connectivity index (χ3v) is 6.63. The molecule has 4 heterocycles. The lowest BCUT2D eigenvalue weighted by atomic mass is 9.94. The van der Waals surface area contributed by atoms with Crippen molar-refractivity contribution in [1.29, 1.82) is 0 Å². The standard InChI is InChI=1S/C23H33N3O2/c27-22-9-5-2-6-13-25(22)14-12-23(28)26-17-20-10-11-21(26)18-24(16-20)15-19-7-3-1-4-8-19/h1,3-4,7-8,20-21H,2,5-6,9-18H2/t20-,21+/m0/s1. The molecule has 0 saturated carbocycles. The molecule has 1 aromatic carbocycles. The van der Waals surface area contributed by atoms with Gasteiger partial charge in [-0.2, -0.15) is 0 Å². The molecule has 4 saturated heterocycles. The molecule has 152 valence electrons. The molecule has 0 spiro atoms. The van der Waals surface area contributed by atoms with Gasteiger partial charge in [-0.25, -0.2) is 0 Å². The van der Waals surface area contributed by atoms with E-state index in [-0.39, 0.29) is 11.8 Å². The zero-order chi connectivity index (χ0) is 19.3. The van der Waals surface area contributed by atoms with Crippen molar-refractivity contribution in [3.63, 3.8) is 0 Å². The number of benzene rings is 1. The Morgan fingerprint density at radius 2 is 1.86 bits per heavy atom. The Balaban J connectivity index is 1.33. The minimum absolute atomic E-state index is 0.233. The van der Waals surface area contributed by atoms with Gasteiger partial charge < -0.3 is 9.80 Å². The normalized spacial score (nSPS) is 26.2. The van der Waals surface area contributed by atoms with Gasteiger partial charge in [0.05, 0.1) is 0 Å². The molecule has 0 aromatic heterocycles. The van der Waals surface area contributed by atoms with Gasteiger partial charge >= 0.3 is 0 Å². The molecule has 0 aliphatic carbocycles. The second-order valence-electron chi connectivity index (χ2n) is 8.76. The Hall–Kier alpha value is -1.88. The highest BCUT2D eigenvalue weighted by Gasteiger charge is 2.37. The van der Waals surface area contributed by atoms with Crippen molar-refractivity contribution in [1.82, 2.24) is 14.7 Å². The Labute approximate surface area is 168 Å². The number of amides is 2. The van der Waals surface area contributed by atoms with Crippen molar-refractivity contribution in [3.8, 4) is 0 Å². The first-order valence-corrected chi connectivity index (χ1v) is 11.0. The average Bonchev–Trinajstić information content (AvgIpc) is 3.11. The largest absolute Gasteiger partial charge is 0.342 e. The van der Waals surface area contributed by atoms with E-state index in [0.29, 0.717) is 31.3 Å². The lowest BCUT2D eigenvalue weighted by molar-refractivity contribution is -0.137. The van der Waals surface area contributed by atoms with Crippen LogP contribution in [0.1, 0.15) is 50.5 Å². The number of carbonyl (C=O) groups is 2. The van der Waals surface area contributed by atoms with E-state index in [1.54, 1.807) is 0 Å². The van der Waals surface area contributed by atoms with Gasteiger partial charge in [-0.05, 0) is 37.2 Å². The zero-order valence-corrected chi connectivity index (χ0v) is 16.9. The minimum atomic E-state index is 0.233. The quantitative estimate of drug-likeness (QED) is 0.785. The summed E-state index contributed by atoms with van der Waals surface area (Å²) in [4.78, 5) is 31.8. The monoisotopic (exact) mass is 383 g/mol. The van der Waals surface area contributed by atoms with Crippen LogP contribution in [0, 0.1) is 5.92 Å². The lowest BCUT2D eigenvalue weighted by Gasteiger charge is -2.36. The highest BCUT2D eigenvalue weighted by atomic mass is 16.2. The van der Waals surface area contributed by atoms with Crippen LogP contribution in [0.2, 0.25) is 0 Å². The number of likely N-dealkylation sites (tertiary alicyclic amines) is 1. The number of hydrogen-bond acceptors (Lipinski definition) is 3. The maximum Gasteiger partial charge on any atom is 0.224 e. The van der Waals surface area contributed by atoms with E-state index in [1.807, 2.05) is 4.90 Å². The van der Waals surface area contributed by atoms with Crippen molar-refractivity contribution in [2.24, 2.45) is 5.92 Å². The molecule has 0 radical (unpaired) electrons. The summed E-state index contributed by atoms with van der Waals surface area (Å²) in [6.45, 7) is 5.34. The number of nitrogens with zero attached hydrogens (tertiary/aromatic N) is 3. The van der Waals surface area contributed by atoms with E-state index in [0.717, 1.165) is 58.4 Å². The molecule has 4 fully saturated rings. The van der Waals surface area contributed by atoms with Crippen molar-refractivity contribution >= 4 is 11.8 Å². The average molecular weight is 384 g/mol. The maximum absolute atomic E-state index is 13.0. The van der Waals surface area contributed by atoms with Gasteiger partial charge in [0.15, 0.2) is 0 Å². The van der Waals surface area contributed by atoms with Gasteiger partial charge in [-0.1, -0.05) is 36.8 Å². The minimum Gasteiger partial charge on any atom is -0.342 e. The third kappa shape index (κ3) is 4.75. The Bertz CT molecular complexity index is 678. The van der Waals surface area contributed by atoms with Crippen LogP contribution in [0.25, 0.3) is 0 Å². The fraction of sp³-hybridized carbons (Fsp3) is 0.652. The predicted molar refractivity (Wildman–Crippen MR) is 110 cm³/mol. The van der Waals surface area contributed by atoms with E-state index in [1.165, 1.54) is 12.0 Å². The van der Waals surface area contributed by atoms with E-state index in [9.17, 15) is 9.59 Å². The van der Waals surface area contributed by atoms with Crippen LogP contribution in [-0.2, 0) is 16.1 Å². The van der Waals surface area contributed by atoms with Gasteiger partial charge in [-0.15, -0.1) is 0 Å². The number of piperidine rings is 1. The highest BCUT2D eigenvalue weighted by molar-refractivity contribution is 5.79. The third-order valence-electron chi connectivity index (χ3n) is 6.63. The van der Waals surface area contributed by atoms with Crippen molar-refractivity contribution in [3.05, 3.63) is 35.9 Å². The van der Waals surface area contributed by atoms with E-state index < -0.39 is 0 Å². The predicted octanol–water partition coefficient (Wildman–Crippen LogP) is 2.90. The molecule has 1 aromatic rings. The molecule has 2 amide bonds. The van der Waals surface area contributed by atoms with Crippen molar-refractivity contribution < 1.29 is 9.59 Å². The SMILES string of the molecule is O=C1CCCCCN1CCC(=O)N1C[C@H]2CC[C@@H]1CN(Cc1ccccc1)C2. The molecule has 0 N–H and O–H groups in total. The van der Waals surface area contributed by atoms with E-state index >= 15 is 0 Å². The van der Waals surface area contributed by atoms with Crippen LogP contribution in [0.15, 0.2) is 30.3 Å². The second-order valence-corrected chi connectivity index (χ2v) is 8.76. The second kappa shape index (κ2) is 9.08. The van der Waals surface area contributed by atoms with Gasteiger partial charge in [0.1, 0.15) is 0 Å². The van der Waals surface area contributed by atoms with Gasteiger partial charge in [0.2, 0.25) is 11.8 Å². The molecular formula is C23H33N3O2. The topological polar surface area (TPSA) is 43.9 Å². The van der Waals surface area contributed by atoms with Crippen LogP contribution < -0.4 is 0 Å². The molecule has 4 aliphatic rings. The maximum atomic E-state index is 13.0. The number of carbonyl (C=O) groups excluding carboxylic acids is 2. The molecular weight excluding hydrogens is 350 g/mol. The van der Waals surface area contributed by atoms with Crippen molar-refractivity contribution in [2.75, 3.05) is 32.7 Å². The van der Waals surface area contributed by atoms with Crippen molar-refractivity contribution in [2.45, 2.75) is 57.5 Å². The lowest BCUT2D eigenvalue weighted by Crippen LogP contribution is -2.48. The highest BCUT2D eigenvalue weighted by Crippen LogP contribution is 2.29. The molecule has 28 heavy (non-hydrogen) atoms. The number of rotatable bonds is 5. The summed E-state index contributed by atoms with van der Waals surface area (Å²) in [7, 11) is 0. The van der Waals surface area contributed by atoms with Gasteiger partial charge in [0, 0.05) is 58.2 Å². The fourth-order valence-corrected chi connectivity index (χ4v) is 5.10. The van der Waals surface area contributed by atoms with Crippen LogP contribution in [0.4, 0.5) is 0 Å². The molecule has 4 aliphatic heterocycles. The van der Waals surface area contributed by atoms with Crippen LogP contribution >= 0.6 is 0 Å². The summed E-state index contributed by atoms with van der Waals surface area (Å²) < 4.78 is 0. The summed E-state index contributed by atoms with van der Waals surface area (Å²) in [5, 5.41) is 0. The summed E-state index contributed by atoms with van der Waals surface area (Å²) >= 11 is 0. The summed E-state index contributed by atoms with van der Waals surface area (Å²) in [6.07, 6.45) is 6.67. The first kappa shape index (κ1) is 19.4. The smallest absolute Gasteiger partial charge is 0.224 e. The molecule has 0 unspecified atom stereocenters. The molecule has 2 bridgehead atoms. The zero-order valence-electron chi connectivity index (χ0n) is 16.9. The number of fused-ring (bicyclic) bond motifs is 4. The summed E-state index contributed by atoms with van der Waals surface area (Å²) in [5.74, 6) is 1.05. The number of hydrogen-bond donors (Lipinski definition) is 0. The summed E-state index contributed by atoms with van der Waals surface area (Å²) in [5.41, 5.74) is 1.35. The van der Waals surface area contributed by atoms with Gasteiger partial charge in [0.25, 0.3) is 0 Å². The summed E-state index contributed by atoms with van der Waals surface area (Å²) in [6, 6.07) is 11.0. The fourth-order valence-electron chi connectivity index (χ4n) is 5.10. The Morgan fingerprint density at radius 1 is 1.00 bits per heavy atom. The van der Waals surface area contributed by atoms with E-state index in [2.05, 4.69) is 40.1 Å². The molecule has 5 heteroatoms. The van der Waals surface area contributed by atoms with E-state index in [4.69, 9.17) is 0 Å².